The lowest BCUT2D eigenvalue weighted by molar-refractivity contribution is 0.103. The summed E-state index contributed by atoms with van der Waals surface area (Å²) in [7, 11) is 0. The van der Waals surface area contributed by atoms with Crippen molar-refractivity contribution in [2.45, 2.75) is 26.7 Å². The first kappa shape index (κ1) is 13.3. The van der Waals surface area contributed by atoms with Gasteiger partial charge in [0.1, 0.15) is 5.75 Å². The van der Waals surface area contributed by atoms with Gasteiger partial charge in [0.05, 0.1) is 0 Å². The van der Waals surface area contributed by atoms with Crippen LogP contribution in [0.25, 0.3) is 0 Å². The van der Waals surface area contributed by atoms with E-state index in [9.17, 15) is 9.90 Å². The topological polar surface area (TPSA) is 37.3 Å². The second-order valence-electron chi connectivity index (χ2n) is 5.08. The van der Waals surface area contributed by atoms with Crippen LogP contribution >= 0.6 is 0 Å². The molecule has 0 radical (unpaired) electrons. The van der Waals surface area contributed by atoms with Gasteiger partial charge < -0.3 is 5.11 Å². The number of phenols is 1. The molecule has 0 aliphatic heterocycles. The van der Waals surface area contributed by atoms with Crippen LogP contribution in [0.15, 0.2) is 42.5 Å². The molecule has 1 N–H and O–H groups in total. The summed E-state index contributed by atoms with van der Waals surface area (Å²) in [6.45, 7) is 5.85. The van der Waals surface area contributed by atoms with Crippen molar-refractivity contribution in [3.05, 3.63) is 64.7 Å². The number of aromatic hydroxyl groups is 1. The molecule has 98 valence electrons. The Labute approximate surface area is 113 Å². The minimum absolute atomic E-state index is 0.000000000000000444. The predicted octanol–water partition coefficient (Wildman–Crippen LogP) is 4.06. The van der Waals surface area contributed by atoms with Crippen LogP contribution in [0, 0.1) is 6.92 Å². The van der Waals surface area contributed by atoms with Gasteiger partial charge in [-0.25, -0.2) is 0 Å². The molecule has 2 aromatic rings. The quantitative estimate of drug-likeness (QED) is 0.839. The van der Waals surface area contributed by atoms with Crippen LogP contribution in [0.1, 0.15) is 46.8 Å². The maximum atomic E-state index is 12.5. The number of hydrogen-bond donors (Lipinski definition) is 1. The number of rotatable bonds is 3. The molecule has 0 aliphatic carbocycles. The Morgan fingerprint density at radius 2 is 1.74 bits per heavy atom. The number of benzene rings is 2. The van der Waals surface area contributed by atoms with E-state index in [1.54, 1.807) is 6.07 Å². The molecule has 0 atom stereocenters. The average molecular weight is 254 g/mol. The van der Waals surface area contributed by atoms with E-state index in [1.807, 2.05) is 57.2 Å². The van der Waals surface area contributed by atoms with Crippen LogP contribution in [0.4, 0.5) is 0 Å². The molecule has 0 bridgehead atoms. The number of carbonyl (C=O) groups excluding carboxylic acids is 1. The van der Waals surface area contributed by atoms with Crippen molar-refractivity contribution in [3.8, 4) is 5.75 Å². The Kier molecular flexibility index (Phi) is 3.70. The summed E-state index contributed by atoms with van der Waals surface area (Å²) in [6.07, 6.45) is 0. The molecule has 0 fully saturated rings. The lowest BCUT2D eigenvalue weighted by Gasteiger charge is -2.13. The van der Waals surface area contributed by atoms with Crippen molar-refractivity contribution in [1.82, 2.24) is 0 Å². The van der Waals surface area contributed by atoms with Crippen LogP contribution in [0.5, 0.6) is 5.75 Å². The van der Waals surface area contributed by atoms with Crippen molar-refractivity contribution in [2.24, 2.45) is 0 Å². The fourth-order valence-corrected chi connectivity index (χ4v) is 2.16. The van der Waals surface area contributed by atoms with Gasteiger partial charge in [-0.1, -0.05) is 44.2 Å². The summed E-state index contributed by atoms with van der Waals surface area (Å²) in [5.74, 6) is 0.444. The van der Waals surface area contributed by atoms with Crippen molar-refractivity contribution in [2.75, 3.05) is 0 Å². The third kappa shape index (κ3) is 2.68. The van der Waals surface area contributed by atoms with E-state index in [4.69, 9.17) is 0 Å². The Morgan fingerprint density at radius 1 is 1.11 bits per heavy atom. The standard InChI is InChI=1S/C17H18O2/c1-11(2)14-10-15(12(3)9-16(14)18)17(19)13-7-5-4-6-8-13/h4-11,18H,1-3H3. The van der Waals surface area contributed by atoms with Crippen LogP contribution in [0.3, 0.4) is 0 Å². The highest BCUT2D eigenvalue weighted by Crippen LogP contribution is 2.29. The first-order valence-corrected chi connectivity index (χ1v) is 6.44. The second kappa shape index (κ2) is 5.27. The molecule has 0 unspecified atom stereocenters. The maximum Gasteiger partial charge on any atom is 0.193 e. The van der Waals surface area contributed by atoms with E-state index in [0.717, 1.165) is 11.1 Å². The van der Waals surface area contributed by atoms with Crippen LogP contribution < -0.4 is 0 Å². The van der Waals surface area contributed by atoms with Gasteiger partial charge in [0.25, 0.3) is 0 Å². The van der Waals surface area contributed by atoms with Gasteiger partial charge in [0.2, 0.25) is 0 Å². The zero-order chi connectivity index (χ0) is 14.0. The van der Waals surface area contributed by atoms with E-state index in [1.165, 1.54) is 0 Å². The summed E-state index contributed by atoms with van der Waals surface area (Å²) >= 11 is 0. The highest BCUT2D eigenvalue weighted by molar-refractivity contribution is 6.10. The molecular weight excluding hydrogens is 236 g/mol. The van der Waals surface area contributed by atoms with Crippen molar-refractivity contribution < 1.29 is 9.90 Å². The van der Waals surface area contributed by atoms with Gasteiger partial charge in [0, 0.05) is 11.1 Å². The van der Waals surface area contributed by atoms with Crippen molar-refractivity contribution >= 4 is 5.78 Å². The smallest absolute Gasteiger partial charge is 0.193 e. The molecule has 2 nitrogen and oxygen atoms in total. The van der Waals surface area contributed by atoms with Gasteiger partial charge >= 0.3 is 0 Å². The molecule has 0 aromatic heterocycles. The van der Waals surface area contributed by atoms with Gasteiger partial charge in [-0.15, -0.1) is 0 Å². The average Bonchev–Trinajstić information content (AvgIpc) is 2.38. The molecule has 2 heteroatoms. The number of phenolic OH excluding ortho intramolecular Hbond substituents is 1. The lowest BCUT2D eigenvalue weighted by atomic mass is 9.92. The van der Waals surface area contributed by atoms with Gasteiger partial charge in [0.15, 0.2) is 5.78 Å². The Morgan fingerprint density at radius 3 is 2.32 bits per heavy atom. The first-order valence-electron chi connectivity index (χ1n) is 6.44. The molecule has 0 aliphatic rings. The molecule has 0 saturated heterocycles. The summed E-state index contributed by atoms with van der Waals surface area (Å²) in [5.41, 5.74) is 2.94. The Hall–Kier alpha value is -2.09. The molecule has 0 heterocycles. The number of carbonyl (C=O) groups is 1. The van der Waals surface area contributed by atoms with E-state index in [-0.39, 0.29) is 17.5 Å². The fraction of sp³-hybridized carbons (Fsp3) is 0.235. The molecule has 0 amide bonds. The van der Waals surface area contributed by atoms with E-state index in [2.05, 4.69) is 0 Å². The monoisotopic (exact) mass is 254 g/mol. The number of hydrogen-bond acceptors (Lipinski definition) is 2. The largest absolute Gasteiger partial charge is 0.508 e. The van der Waals surface area contributed by atoms with E-state index >= 15 is 0 Å². The van der Waals surface area contributed by atoms with Crippen LogP contribution in [0.2, 0.25) is 0 Å². The van der Waals surface area contributed by atoms with E-state index in [0.29, 0.717) is 11.1 Å². The molecular formula is C17H18O2. The van der Waals surface area contributed by atoms with Gasteiger partial charge in [-0.3, -0.25) is 4.79 Å². The lowest BCUT2D eigenvalue weighted by Crippen LogP contribution is -2.05. The third-order valence-corrected chi connectivity index (χ3v) is 3.28. The molecule has 0 spiro atoms. The second-order valence-corrected chi connectivity index (χ2v) is 5.08. The first-order chi connectivity index (χ1) is 9.00. The molecule has 0 saturated carbocycles. The minimum atomic E-state index is 0.000000000000000444. The van der Waals surface area contributed by atoms with Gasteiger partial charge in [-0.2, -0.15) is 0 Å². The molecule has 2 rings (SSSR count). The zero-order valence-corrected chi connectivity index (χ0v) is 11.5. The fourth-order valence-electron chi connectivity index (χ4n) is 2.16. The third-order valence-electron chi connectivity index (χ3n) is 3.28. The summed E-state index contributed by atoms with van der Waals surface area (Å²) in [5, 5.41) is 9.93. The number of aryl methyl sites for hydroxylation is 1. The number of ketones is 1. The van der Waals surface area contributed by atoms with E-state index < -0.39 is 0 Å². The van der Waals surface area contributed by atoms with Crippen LogP contribution in [-0.4, -0.2) is 10.9 Å². The Bertz CT molecular complexity index is 598. The SMILES string of the molecule is Cc1cc(O)c(C(C)C)cc1C(=O)c1ccccc1. The highest BCUT2D eigenvalue weighted by Gasteiger charge is 2.16. The summed E-state index contributed by atoms with van der Waals surface area (Å²) in [4.78, 5) is 12.5. The van der Waals surface area contributed by atoms with Gasteiger partial charge in [-0.05, 0) is 36.1 Å². The van der Waals surface area contributed by atoms with Crippen LogP contribution in [-0.2, 0) is 0 Å². The molecule has 2 aromatic carbocycles. The van der Waals surface area contributed by atoms with Crippen molar-refractivity contribution in [1.29, 1.82) is 0 Å². The zero-order valence-electron chi connectivity index (χ0n) is 11.5. The predicted molar refractivity (Wildman–Crippen MR) is 76.8 cm³/mol. The summed E-state index contributed by atoms with van der Waals surface area (Å²) < 4.78 is 0. The normalized spacial score (nSPS) is 10.7. The molecule has 19 heavy (non-hydrogen) atoms. The highest BCUT2D eigenvalue weighted by atomic mass is 16.3. The minimum Gasteiger partial charge on any atom is -0.508 e. The maximum absolute atomic E-state index is 12.5. The van der Waals surface area contributed by atoms with Crippen molar-refractivity contribution in [3.63, 3.8) is 0 Å². The Balaban J connectivity index is 2.51. The summed E-state index contributed by atoms with van der Waals surface area (Å²) in [6, 6.07) is 12.7.